The van der Waals surface area contributed by atoms with E-state index in [-0.39, 0.29) is 16.9 Å². The van der Waals surface area contributed by atoms with Gasteiger partial charge in [-0.2, -0.15) is 0 Å². The molecule has 0 aliphatic carbocycles. The molecule has 1 N–H and O–H groups in total. The molecule has 1 atom stereocenters. The van der Waals surface area contributed by atoms with Gasteiger partial charge in [-0.05, 0) is 43.1 Å². The van der Waals surface area contributed by atoms with Gasteiger partial charge in [0.15, 0.2) is 0 Å². The first-order valence-corrected chi connectivity index (χ1v) is 6.78. The van der Waals surface area contributed by atoms with Crippen LogP contribution in [-0.4, -0.2) is 6.54 Å². The summed E-state index contributed by atoms with van der Waals surface area (Å²) < 4.78 is 18.6. The molecule has 0 saturated carbocycles. The van der Waals surface area contributed by atoms with Gasteiger partial charge in [0, 0.05) is 11.6 Å². The number of hydrogen-bond acceptors (Lipinski definition) is 2. The maximum Gasteiger partial charge on any atom is 0.142 e. The van der Waals surface area contributed by atoms with Gasteiger partial charge in [-0.1, -0.05) is 24.6 Å². The first-order valence-electron chi connectivity index (χ1n) is 6.40. The van der Waals surface area contributed by atoms with E-state index in [2.05, 4.69) is 12.2 Å². The maximum absolute atomic E-state index is 13.5. The van der Waals surface area contributed by atoms with Gasteiger partial charge in [-0.3, -0.25) is 0 Å². The van der Waals surface area contributed by atoms with E-state index in [0.717, 1.165) is 24.1 Å². The lowest BCUT2D eigenvalue weighted by atomic mass is 10.0. The second kappa shape index (κ2) is 6.73. The van der Waals surface area contributed by atoms with Crippen molar-refractivity contribution in [3.63, 3.8) is 0 Å². The Labute approximate surface area is 117 Å². The van der Waals surface area contributed by atoms with Crippen LogP contribution in [0.2, 0.25) is 5.02 Å². The molecule has 0 spiro atoms. The average Bonchev–Trinajstić information content (AvgIpc) is 2.92. The van der Waals surface area contributed by atoms with E-state index in [4.69, 9.17) is 16.0 Å². The summed E-state index contributed by atoms with van der Waals surface area (Å²) in [6, 6.07) is 6.99. The van der Waals surface area contributed by atoms with E-state index in [0.29, 0.717) is 6.42 Å². The minimum absolute atomic E-state index is 0.124. The number of benzene rings is 1. The minimum Gasteiger partial charge on any atom is -0.472 e. The predicted molar refractivity (Wildman–Crippen MR) is 74.9 cm³/mol. The minimum atomic E-state index is -0.374. The van der Waals surface area contributed by atoms with Crippen molar-refractivity contribution in [3.05, 3.63) is 58.8 Å². The largest absolute Gasteiger partial charge is 0.472 e. The molecule has 4 heteroatoms. The molecule has 1 aromatic carbocycles. The molecule has 1 unspecified atom stereocenters. The number of nitrogens with one attached hydrogen (secondary N) is 1. The van der Waals surface area contributed by atoms with Crippen LogP contribution in [0.1, 0.15) is 30.5 Å². The summed E-state index contributed by atoms with van der Waals surface area (Å²) in [5, 5.41) is 3.60. The smallest absolute Gasteiger partial charge is 0.142 e. The van der Waals surface area contributed by atoms with Crippen LogP contribution in [0.25, 0.3) is 0 Å². The van der Waals surface area contributed by atoms with Crippen molar-refractivity contribution >= 4 is 11.6 Å². The van der Waals surface area contributed by atoms with Gasteiger partial charge in [0.1, 0.15) is 5.82 Å². The highest BCUT2D eigenvalue weighted by Gasteiger charge is 2.13. The standard InChI is InChI=1S/C15H17ClFNO/c1-2-6-18-15(12-5-7-19-10-12)9-11-3-4-13(16)14(17)8-11/h3-5,7-8,10,15,18H,2,6,9H2,1H3. The third kappa shape index (κ3) is 3.82. The lowest BCUT2D eigenvalue weighted by molar-refractivity contribution is 0.511. The fourth-order valence-corrected chi connectivity index (χ4v) is 2.12. The summed E-state index contributed by atoms with van der Waals surface area (Å²) in [5.74, 6) is -0.374. The molecular formula is C15H17ClFNO. The van der Waals surface area contributed by atoms with Crippen molar-refractivity contribution in [2.75, 3.05) is 6.54 Å². The Morgan fingerprint density at radius 1 is 1.37 bits per heavy atom. The number of rotatable bonds is 6. The van der Waals surface area contributed by atoms with Gasteiger partial charge in [-0.15, -0.1) is 0 Å². The number of furan rings is 1. The van der Waals surface area contributed by atoms with Crippen LogP contribution in [-0.2, 0) is 6.42 Å². The number of halogens is 2. The molecule has 0 amide bonds. The van der Waals surface area contributed by atoms with E-state index in [9.17, 15) is 4.39 Å². The summed E-state index contributed by atoms with van der Waals surface area (Å²) in [6.45, 7) is 3.02. The molecule has 102 valence electrons. The molecule has 0 fully saturated rings. The van der Waals surface area contributed by atoms with Gasteiger partial charge in [0.05, 0.1) is 17.5 Å². The third-order valence-corrected chi connectivity index (χ3v) is 3.32. The average molecular weight is 282 g/mol. The monoisotopic (exact) mass is 281 g/mol. The van der Waals surface area contributed by atoms with Crippen LogP contribution < -0.4 is 5.32 Å². The van der Waals surface area contributed by atoms with Crippen molar-refractivity contribution in [2.24, 2.45) is 0 Å². The van der Waals surface area contributed by atoms with Crippen molar-refractivity contribution in [3.8, 4) is 0 Å². The van der Waals surface area contributed by atoms with E-state index in [1.165, 1.54) is 6.07 Å². The van der Waals surface area contributed by atoms with Crippen LogP contribution >= 0.6 is 11.6 Å². The van der Waals surface area contributed by atoms with Gasteiger partial charge in [-0.25, -0.2) is 4.39 Å². The zero-order chi connectivity index (χ0) is 13.7. The summed E-state index contributed by atoms with van der Waals surface area (Å²) in [6.07, 6.45) is 5.12. The molecule has 0 aliphatic heterocycles. The van der Waals surface area contributed by atoms with Gasteiger partial charge in [0.2, 0.25) is 0 Å². The quantitative estimate of drug-likeness (QED) is 0.851. The van der Waals surface area contributed by atoms with E-state index in [1.807, 2.05) is 12.1 Å². The first kappa shape index (κ1) is 14.1. The molecule has 19 heavy (non-hydrogen) atoms. The SMILES string of the molecule is CCCNC(Cc1ccc(Cl)c(F)c1)c1ccoc1. The summed E-state index contributed by atoms with van der Waals surface area (Å²) in [7, 11) is 0. The summed E-state index contributed by atoms with van der Waals surface area (Å²) >= 11 is 5.69. The van der Waals surface area contributed by atoms with Crippen LogP contribution in [0.15, 0.2) is 41.2 Å². The lowest BCUT2D eigenvalue weighted by Gasteiger charge is -2.17. The molecule has 2 aromatic rings. The molecule has 0 radical (unpaired) electrons. The van der Waals surface area contributed by atoms with Crippen LogP contribution in [0.4, 0.5) is 4.39 Å². The Bertz CT molecular complexity index is 513. The Hall–Kier alpha value is -1.32. The van der Waals surface area contributed by atoms with Crippen molar-refractivity contribution in [1.29, 1.82) is 0 Å². The highest BCUT2D eigenvalue weighted by molar-refractivity contribution is 6.30. The molecule has 0 saturated heterocycles. The summed E-state index contributed by atoms with van der Waals surface area (Å²) in [4.78, 5) is 0. The van der Waals surface area contributed by atoms with Crippen molar-refractivity contribution < 1.29 is 8.81 Å². The highest BCUT2D eigenvalue weighted by atomic mass is 35.5. The van der Waals surface area contributed by atoms with Crippen molar-refractivity contribution in [1.82, 2.24) is 5.32 Å². The van der Waals surface area contributed by atoms with E-state index in [1.54, 1.807) is 18.6 Å². The number of hydrogen-bond donors (Lipinski definition) is 1. The van der Waals surface area contributed by atoms with Gasteiger partial charge < -0.3 is 9.73 Å². The first-order chi connectivity index (χ1) is 9.20. The zero-order valence-electron chi connectivity index (χ0n) is 10.8. The van der Waals surface area contributed by atoms with E-state index >= 15 is 0 Å². The molecule has 2 rings (SSSR count). The van der Waals surface area contributed by atoms with Crippen LogP contribution in [0.5, 0.6) is 0 Å². The second-order valence-electron chi connectivity index (χ2n) is 4.52. The molecule has 2 nitrogen and oxygen atoms in total. The summed E-state index contributed by atoms with van der Waals surface area (Å²) in [5.41, 5.74) is 1.99. The highest BCUT2D eigenvalue weighted by Crippen LogP contribution is 2.22. The molecule has 1 aromatic heterocycles. The Morgan fingerprint density at radius 3 is 2.84 bits per heavy atom. The fraction of sp³-hybridized carbons (Fsp3) is 0.333. The Kier molecular flexibility index (Phi) is 5.00. The normalized spacial score (nSPS) is 12.6. The zero-order valence-corrected chi connectivity index (χ0v) is 11.6. The Morgan fingerprint density at radius 2 is 2.21 bits per heavy atom. The van der Waals surface area contributed by atoms with Gasteiger partial charge >= 0.3 is 0 Å². The topological polar surface area (TPSA) is 25.2 Å². The molecule has 1 heterocycles. The molecule has 0 aliphatic rings. The van der Waals surface area contributed by atoms with Crippen molar-refractivity contribution in [2.45, 2.75) is 25.8 Å². The Balaban J connectivity index is 2.13. The second-order valence-corrected chi connectivity index (χ2v) is 4.92. The van der Waals surface area contributed by atoms with Gasteiger partial charge in [0.25, 0.3) is 0 Å². The van der Waals surface area contributed by atoms with Crippen LogP contribution in [0, 0.1) is 5.82 Å². The third-order valence-electron chi connectivity index (χ3n) is 3.01. The lowest BCUT2D eigenvalue weighted by Crippen LogP contribution is -2.23. The maximum atomic E-state index is 13.5. The van der Waals surface area contributed by atoms with E-state index < -0.39 is 0 Å². The van der Waals surface area contributed by atoms with Crippen LogP contribution in [0.3, 0.4) is 0 Å². The molecule has 0 bridgehead atoms. The predicted octanol–water partition coefficient (Wildman–Crippen LogP) is 4.36. The fourth-order valence-electron chi connectivity index (χ4n) is 2.00. The molecular weight excluding hydrogens is 265 g/mol.